The monoisotopic (exact) mass is 372 g/mol. The highest BCUT2D eigenvalue weighted by atomic mass is 35.5. The number of amides is 1. The van der Waals surface area contributed by atoms with Crippen molar-refractivity contribution in [1.82, 2.24) is 4.90 Å². The van der Waals surface area contributed by atoms with Crippen molar-refractivity contribution in [2.75, 3.05) is 18.8 Å². The fourth-order valence-electron chi connectivity index (χ4n) is 1.81. The zero-order chi connectivity index (χ0) is 17.2. The Balaban J connectivity index is 2.27. The largest absolute Gasteiger partial charge is 0.345 e. The molecule has 0 aliphatic rings. The molecule has 2 rings (SSSR count). The van der Waals surface area contributed by atoms with Crippen molar-refractivity contribution in [1.29, 1.82) is 0 Å². The third-order valence-corrected chi connectivity index (χ3v) is 4.92. The van der Waals surface area contributed by atoms with Crippen LogP contribution in [0.3, 0.4) is 0 Å². The molecule has 23 heavy (non-hydrogen) atoms. The van der Waals surface area contributed by atoms with Gasteiger partial charge in [-0.15, -0.1) is 0 Å². The van der Waals surface area contributed by atoms with Crippen LogP contribution in [0.15, 0.2) is 47.4 Å². The molecule has 0 saturated heterocycles. The van der Waals surface area contributed by atoms with Gasteiger partial charge in [-0.1, -0.05) is 23.2 Å². The van der Waals surface area contributed by atoms with E-state index in [1.165, 1.54) is 47.4 Å². The first-order valence-corrected chi connectivity index (χ1v) is 8.74. The molecule has 0 aliphatic heterocycles. The summed E-state index contributed by atoms with van der Waals surface area (Å²) in [6, 6.07) is 10.1. The first-order chi connectivity index (χ1) is 10.7. The van der Waals surface area contributed by atoms with Crippen LogP contribution >= 0.6 is 23.2 Å². The number of carbonyl (C=O) groups is 1. The van der Waals surface area contributed by atoms with E-state index in [4.69, 9.17) is 23.2 Å². The van der Waals surface area contributed by atoms with Crippen LogP contribution in [0.25, 0.3) is 0 Å². The van der Waals surface area contributed by atoms with Gasteiger partial charge in [0.05, 0.1) is 15.6 Å². The van der Waals surface area contributed by atoms with Crippen LogP contribution in [0, 0.1) is 0 Å². The van der Waals surface area contributed by atoms with Gasteiger partial charge in [-0.25, -0.2) is 8.42 Å². The van der Waals surface area contributed by atoms with Crippen LogP contribution in [0.2, 0.25) is 10.0 Å². The molecule has 0 unspecified atom stereocenters. The Morgan fingerprint density at radius 1 is 1.04 bits per heavy atom. The number of sulfonamides is 1. The lowest BCUT2D eigenvalue weighted by atomic mass is 10.2. The van der Waals surface area contributed by atoms with E-state index in [0.29, 0.717) is 10.6 Å². The average molecular weight is 373 g/mol. The maximum atomic E-state index is 12.4. The maximum Gasteiger partial charge on any atom is 0.261 e. The van der Waals surface area contributed by atoms with Crippen LogP contribution in [0.5, 0.6) is 0 Å². The summed E-state index contributed by atoms with van der Waals surface area (Å²) in [5.74, 6) is -0.206. The van der Waals surface area contributed by atoms with Crippen molar-refractivity contribution < 1.29 is 13.2 Å². The van der Waals surface area contributed by atoms with Gasteiger partial charge in [0.25, 0.3) is 15.9 Å². The topological polar surface area (TPSA) is 66.5 Å². The summed E-state index contributed by atoms with van der Waals surface area (Å²) in [6.07, 6.45) is 0. The number of hydrogen-bond acceptors (Lipinski definition) is 3. The van der Waals surface area contributed by atoms with Crippen molar-refractivity contribution in [3.8, 4) is 0 Å². The molecule has 0 aromatic heterocycles. The van der Waals surface area contributed by atoms with Crippen molar-refractivity contribution in [2.24, 2.45) is 0 Å². The van der Waals surface area contributed by atoms with Crippen LogP contribution in [0.1, 0.15) is 10.4 Å². The molecular weight excluding hydrogens is 359 g/mol. The van der Waals surface area contributed by atoms with E-state index < -0.39 is 10.0 Å². The maximum absolute atomic E-state index is 12.4. The molecule has 0 atom stereocenters. The molecule has 5 nitrogen and oxygen atoms in total. The van der Waals surface area contributed by atoms with Gasteiger partial charge in [0, 0.05) is 24.7 Å². The van der Waals surface area contributed by atoms with Gasteiger partial charge >= 0.3 is 0 Å². The molecule has 2 aromatic rings. The number of benzene rings is 2. The highest BCUT2D eigenvalue weighted by Gasteiger charge is 2.17. The summed E-state index contributed by atoms with van der Waals surface area (Å²) >= 11 is 11.7. The molecular formula is C15H14Cl2N2O3S. The number of nitrogens with one attached hydrogen (secondary N) is 1. The van der Waals surface area contributed by atoms with E-state index in [9.17, 15) is 13.2 Å². The standard InChI is InChI=1S/C15H14Cl2N2O3S/c1-19(2)15(20)10-3-6-12(7-4-10)23(21,22)18-14-8-5-11(16)9-13(14)17/h3-9,18H,1-2H3. The molecule has 1 N–H and O–H groups in total. The highest BCUT2D eigenvalue weighted by Crippen LogP contribution is 2.27. The van der Waals surface area contributed by atoms with Gasteiger partial charge in [-0.2, -0.15) is 0 Å². The van der Waals surface area contributed by atoms with Crippen LogP contribution < -0.4 is 4.72 Å². The minimum Gasteiger partial charge on any atom is -0.345 e. The first-order valence-electron chi connectivity index (χ1n) is 6.50. The van der Waals surface area contributed by atoms with Crippen molar-refractivity contribution in [3.05, 3.63) is 58.1 Å². The summed E-state index contributed by atoms with van der Waals surface area (Å²) in [7, 11) is -0.570. The third-order valence-electron chi connectivity index (χ3n) is 2.99. The molecule has 122 valence electrons. The third kappa shape index (κ3) is 4.16. The Bertz CT molecular complexity index is 834. The number of halogens is 2. The van der Waals surface area contributed by atoms with Crippen molar-refractivity contribution in [3.63, 3.8) is 0 Å². The predicted octanol–water partition coefficient (Wildman–Crippen LogP) is 3.50. The van der Waals surface area contributed by atoms with Gasteiger partial charge in [-0.05, 0) is 42.5 Å². The fourth-order valence-corrected chi connectivity index (χ4v) is 3.40. The lowest BCUT2D eigenvalue weighted by Gasteiger charge is -2.12. The summed E-state index contributed by atoms with van der Waals surface area (Å²) in [5, 5.41) is 0.602. The molecule has 0 spiro atoms. The number of hydrogen-bond donors (Lipinski definition) is 1. The highest BCUT2D eigenvalue weighted by molar-refractivity contribution is 7.92. The molecule has 1 amide bonds. The number of rotatable bonds is 4. The zero-order valence-electron chi connectivity index (χ0n) is 12.4. The summed E-state index contributed by atoms with van der Waals surface area (Å²) < 4.78 is 27.1. The van der Waals surface area contributed by atoms with Crippen LogP contribution in [0.4, 0.5) is 5.69 Å². The Morgan fingerprint density at radius 2 is 1.65 bits per heavy atom. The Morgan fingerprint density at radius 3 is 2.17 bits per heavy atom. The van der Waals surface area contributed by atoms with Crippen molar-refractivity contribution >= 4 is 44.8 Å². The number of nitrogens with zero attached hydrogens (tertiary/aromatic N) is 1. The molecule has 2 aromatic carbocycles. The minimum atomic E-state index is -3.81. The zero-order valence-corrected chi connectivity index (χ0v) is 14.7. The second kappa shape index (κ2) is 6.78. The molecule has 0 saturated carbocycles. The fraction of sp³-hybridized carbons (Fsp3) is 0.133. The average Bonchev–Trinajstić information content (AvgIpc) is 2.49. The Kier molecular flexibility index (Phi) is 5.19. The van der Waals surface area contributed by atoms with Crippen LogP contribution in [-0.4, -0.2) is 33.3 Å². The lowest BCUT2D eigenvalue weighted by Crippen LogP contribution is -2.21. The van der Waals surface area contributed by atoms with Gasteiger partial charge < -0.3 is 4.90 Å². The Hall–Kier alpha value is -1.76. The van der Waals surface area contributed by atoms with E-state index in [2.05, 4.69) is 4.72 Å². The van der Waals surface area contributed by atoms with E-state index in [-0.39, 0.29) is 21.5 Å². The second-order valence-electron chi connectivity index (χ2n) is 4.95. The first kappa shape index (κ1) is 17.6. The Labute approximate surface area is 144 Å². The molecule has 0 fully saturated rings. The summed E-state index contributed by atoms with van der Waals surface area (Å²) in [5.41, 5.74) is 0.628. The molecule has 0 bridgehead atoms. The lowest BCUT2D eigenvalue weighted by molar-refractivity contribution is 0.0827. The van der Waals surface area contributed by atoms with E-state index >= 15 is 0 Å². The predicted molar refractivity (Wildman–Crippen MR) is 91.7 cm³/mol. The van der Waals surface area contributed by atoms with E-state index in [1.54, 1.807) is 14.1 Å². The summed E-state index contributed by atoms with van der Waals surface area (Å²) in [6.45, 7) is 0. The van der Waals surface area contributed by atoms with Crippen molar-refractivity contribution in [2.45, 2.75) is 4.90 Å². The van der Waals surface area contributed by atoms with E-state index in [1.807, 2.05) is 0 Å². The van der Waals surface area contributed by atoms with E-state index in [0.717, 1.165) is 0 Å². The van der Waals surface area contributed by atoms with Crippen LogP contribution in [-0.2, 0) is 10.0 Å². The molecule has 0 aliphatic carbocycles. The SMILES string of the molecule is CN(C)C(=O)c1ccc(S(=O)(=O)Nc2ccc(Cl)cc2Cl)cc1. The smallest absolute Gasteiger partial charge is 0.261 e. The number of anilines is 1. The van der Waals surface area contributed by atoms with Gasteiger partial charge in [-0.3, -0.25) is 9.52 Å². The normalized spacial score (nSPS) is 11.1. The quantitative estimate of drug-likeness (QED) is 0.892. The van der Waals surface area contributed by atoms with Gasteiger partial charge in [0.1, 0.15) is 0 Å². The van der Waals surface area contributed by atoms with Gasteiger partial charge in [0.15, 0.2) is 0 Å². The minimum absolute atomic E-state index is 0.0267. The summed E-state index contributed by atoms with van der Waals surface area (Å²) in [4.78, 5) is 13.2. The molecule has 0 heterocycles. The number of carbonyl (C=O) groups excluding carboxylic acids is 1. The molecule has 8 heteroatoms. The second-order valence-corrected chi connectivity index (χ2v) is 7.48. The van der Waals surface area contributed by atoms with Gasteiger partial charge in [0.2, 0.25) is 0 Å². The molecule has 0 radical (unpaired) electrons.